The van der Waals surface area contributed by atoms with E-state index in [0.717, 1.165) is 6.07 Å². The monoisotopic (exact) mass is 650 g/mol. The van der Waals surface area contributed by atoms with Crippen LogP contribution in [0.3, 0.4) is 0 Å². The number of alkyl halides is 3. The molecule has 0 atom stereocenters. The van der Waals surface area contributed by atoms with Crippen molar-refractivity contribution in [2.75, 3.05) is 18.4 Å². The number of halogens is 5. The van der Waals surface area contributed by atoms with Crippen molar-refractivity contribution < 1.29 is 31.5 Å². The van der Waals surface area contributed by atoms with Crippen molar-refractivity contribution in [2.24, 2.45) is 5.41 Å². The van der Waals surface area contributed by atoms with Gasteiger partial charge < -0.3 is 14.8 Å². The first kappa shape index (κ1) is 30.4. The van der Waals surface area contributed by atoms with Crippen molar-refractivity contribution in [2.45, 2.75) is 44.3 Å². The molecule has 2 fully saturated rings. The standard InChI is InChI=1S/C32H27F5N8O2/c33-21-4-2-19(3-5-21)27-28(23-6-7-26-40-25(17-45(26)42-23)41-29(46)20-8-13-38-24(34)16-20)44(18-39-27)22-9-14-43(15-10-22)30(47)31(11-1-12-31)32(35,36)37/h2-8,13,16-18,22H,1,9-12,14-15H2,(H,41,46). The Bertz CT molecular complexity index is 1980. The fourth-order valence-corrected chi connectivity index (χ4v) is 6.31. The molecule has 2 aliphatic rings. The predicted molar refractivity (Wildman–Crippen MR) is 159 cm³/mol. The molecule has 4 aromatic heterocycles. The van der Waals surface area contributed by atoms with Crippen LogP contribution in [0.4, 0.5) is 27.8 Å². The summed E-state index contributed by atoms with van der Waals surface area (Å²) in [5.74, 6) is -2.49. The number of piperidine rings is 1. The van der Waals surface area contributed by atoms with E-state index in [4.69, 9.17) is 5.10 Å². The first-order chi connectivity index (χ1) is 22.5. The molecule has 1 aromatic carbocycles. The van der Waals surface area contributed by atoms with Gasteiger partial charge in [0.2, 0.25) is 11.9 Å². The number of amides is 2. The molecule has 0 spiro atoms. The molecule has 0 radical (unpaired) electrons. The number of nitrogens with zero attached hydrogens (tertiary/aromatic N) is 7. The highest BCUT2D eigenvalue weighted by Gasteiger charge is 2.64. The summed E-state index contributed by atoms with van der Waals surface area (Å²) in [6.07, 6.45) is 0.508. The van der Waals surface area contributed by atoms with Crippen molar-refractivity contribution in [1.82, 2.24) is 34.0 Å². The molecule has 47 heavy (non-hydrogen) atoms. The minimum absolute atomic E-state index is 0.0602. The zero-order chi connectivity index (χ0) is 32.9. The number of carbonyl (C=O) groups excluding carboxylic acids is 2. The van der Waals surface area contributed by atoms with Gasteiger partial charge in [-0.05, 0) is 68.1 Å². The van der Waals surface area contributed by atoms with Gasteiger partial charge in [0.25, 0.3) is 5.91 Å². The second-order valence-corrected chi connectivity index (χ2v) is 11.8. The van der Waals surface area contributed by atoms with E-state index in [2.05, 4.69) is 20.3 Å². The summed E-state index contributed by atoms with van der Waals surface area (Å²) in [4.78, 5) is 39.5. The first-order valence-corrected chi connectivity index (χ1v) is 15.0. The van der Waals surface area contributed by atoms with Crippen LogP contribution in [-0.4, -0.2) is 65.1 Å². The third kappa shape index (κ3) is 5.48. The van der Waals surface area contributed by atoms with Crippen LogP contribution < -0.4 is 5.32 Å². The Morgan fingerprint density at radius 2 is 1.70 bits per heavy atom. The SMILES string of the molecule is O=C(Nc1cn2nc(-c3c(-c4ccc(F)cc4)ncn3C3CCN(C(=O)C4(C(F)(F)F)CCC4)CC3)ccc2n1)c1ccnc(F)c1. The number of hydrogen-bond acceptors (Lipinski definition) is 6. The molecule has 1 N–H and O–H groups in total. The lowest BCUT2D eigenvalue weighted by atomic mass is 9.67. The Morgan fingerprint density at radius 1 is 0.957 bits per heavy atom. The van der Waals surface area contributed by atoms with Crippen LogP contribution in [0, 0.1) is 17.2 Å². The van der Waals surface area contributed by atoms with Crippen molar-refractivity contribution in [3.8, 4) is 22.6 Å². The molecule has 1 saturated heterocycles. The molecule has 7 rings (SSSR count). The summed E-state index contributed by atoms with van der Waals surface area (Å²) in [6, 6.07) is 11.4. The zero-order valence-corrected chi connectivity index (χ0v) is 24.7. The second kappa shape index (κ2) is 11.5. The van der Waals surface area contributed by atoms with Crippen molar-refractivity contribution in [3.05, 3.63) is 84.6 Å². The highest BCUT2D eigenvalue weighted by Crippen LogP contribution is 2.54. The highest BCUT2D eigenvalue weighted by molar-refractivity contribution is 6.03. The minimum atomic E-state index is -4.59. The van der Waals surface area contributed by atoms with Gasteiger partial charge >= 0.3 is 6.18 Å². The number of rotatable bonds is 6. The van der Waals surface area contributed by atoms with Crippen LogP contribution in [0.15, 0.2) is 67.3 Å². The maximum atomic E-state index is 13.9. The van der Waals surface area contributed by atoms with Gasteiger partial charge in [-0.15, -0.1) is 0 Å². The number of fused-ring (bicyclic) bond motifs is 1. The molecule has 2 amide bonds. The normalized spacial score (nSPS) is 16.7. The van der Waals surface area contributed by atoms with E-state index in [1.165, 1.54) is 40.0 Å². The minimum Gasteiger partial charge on any atom is -0.342 e. The average Bonchev–Trinajstić information content (AvgIpc) is 3.64. The number of pyridine rings is 1. The van der Waals surface area contributed by atoms with Crippen LogP contribution in [0.2, 0.25) is 0 Å². The maximum absolute atomic E-state index is 13.9. The van der Waals surface area contributed by atoms with Gasteiger partial charge in [0.15, 0.2) is 11.5 Å². The van der Waals surface area contributed by atoms with E-state index in [-0.39, 0.29) is 43.4 Å². The molecule has 5 heterocycles. The number of likely N-dealkylation sites (tertiary alicyclic amines) is 1. The zero-order valence-electron chi connectivity index (χ0n) is 24.7. The molecule has 1 aliphatic heterocycles. The third-order valence-corrected chi connectivity index (χ3v) is 9.01. The van der Waals surface area contributed by atoms with E-state index in [9.17, 15) is 31.5 Å². The van der Waals surface area contributed by atoms with E-state index >= 15 is 0 Å². The average molecular weight is 651 g/mol. The first-order valence-electron chi connectivity index (χ1n) is 15.0. The maximum Gasteiger partial charge on any atom is 0.403 e. The molecule has 1 aliphatic carbocycles. The third-order valence-electron chi connectivity index (χ3n) is 9.01. The number of aromatic nitrogens is 6. The molecule has 0 bridgehead atoms. The fourth-order valence-electron chi connectivity index (χ4n) is 6.31. The summed E-state index contributed by atoms with van der Waals surface area (Å²) in [5.41, 5.74) is 0.354. The van der Waals surface area contributed by atoms with Gasteiger partial charge in [0.05, 0.1) is 23.9 Å². The van der Waals surface area contributed by atoms with Crippen LogP contribution in [-0.2, 0) is 4.79 Å². The quantitative estimate of drug-likeness (QED) is 0.176. The van der Waals surface area contributed by atoms with Gasteiger partial charge in [0.1, 0.15) is 16.9 Å². The van der Waals surface area contributed by atoms with E-state index in [1.807, 2.05) is 4.57 Å². The summed E-state index contributed by atoms with van der Waals surface area (Å²) >= 11 is 0. The van der Waals surface area contributed by atoms with Crippen molar-refractivity contribution in [1.29, 1.82) is 0 Å². The Hall–Kier alpha value is -5.21. The summed E-state index contributed by atoms with van der Waals surface area (Å²) < 4.78 is 72.3. The number of benzene rings is 1. The highest BCUT2D eigenvalue weighted by atomic mass is 19.4. The van der Waals surface area contributed by atoms with Gasteiger partial charge in [0, 0.05) is 42.5 Å². The largest absolute Gasteiger partial charge is 0.403 e. The molecular weight excluding hydrogens is 623 g/mol. The number of carbonyl (C=O) groups is 2. The molecule has 10 nitrogen and oxygen atoms in total. The number of anilines is 1. The molecular formula is C32H27F5N8O2. The van der Waals surface area contributed by atoms with Crippen LogP contribution >= 0.6 is 0 Å². The topological polar surface area (TPSA) is 110 Å². The summed E-state index contributed by atoms with van der Waals surface area (Å²) in [5, 5.41) is 7.34. The van der Waals surface area contributed by atoms with Crippen molar-refractivity contribution in [3.63, 3.8) is 0 Å². The Morgan fingerprint density at radius 3 is 2.36 bits per heavy atom. The lowest BCUT2D eigenvalue weighted by Gasteiger charge is -2.46. The molecule has 1 saturated carbocycles. The number of nitrogens with one attached hydrogen (secondary N) is 1. The van der Waals surface area contributed by atoms with E-state index in [1.54, 1.807) is 30.6 Å². The molecule has 0 unspecified atom stereocenters. The smallest absolute Gasteiger partial charge is 0.342 e. The fraction of sp³-hybridized carbons (Fsp3) is 0.312. The lowest BCUT2D eigenvalue weighted by Crippen LogP contribution is -2.57. The summed E-state index contributed by atoms with van der Waals surface area (Å²) in [7, 11) is 0. The van der Waals surface area contributed by atoms with E-state index in [0.29, 0.717) is 47.6 Å². The Kier molecular flexibility index (Phi) is 7.48. The number of hydrogen-bond donors (Lipinski definition) is 1. The van der Waals surface area contributed by atoms with Crippen LogP contribution in [0.1, 0.15) is 48.5 Å². The lowest BCUT2D eigenvalue weighted by molar-refractivity contribution is -0.248. The molecule has 15 heteroatoms. The van der Waals surface area contributed by atoms with Gasteiger partial charge in [-0.2, -0.15) is 22.7 Å². The Balaban J connectivity index is 1.18. The molecule has 5 aromatic rings. The molecule has 242 valence electrons. The van der Waals surface area contributed by atoms with Gasteiger partial charge in [-0.1, -0.05) is 6.42 Å². The van der Waals surface area contributed by atoms with Gasteiger partial charge in [-0.25, -0.2) is 23.9 Å². The van der Waals surface area contributed by atoms with E-state index < -0.39 is 35.2 Å². The van der Waals surface area contributed by atoms with Crippen LogP contribution in [0.5, 0.6) is 0 Å². The Labute approximate surface area is 264 Å². The number of imidazole rings is 2. The van der Waals surface area contributed by atoms with Crippen molar-refractivity contribution >= 4 is 23.3 Å². The summed E-state index contributed by atoms with van der Waals surface area (Å²) in [6.45, 7) is 0.312. The predicted octanol–water partition coefficient (Wildman–Crippen LogP) is 6.08. The van der Waals surface area contributed by atoms with Gasteiger partial charge in [-0.3, -0.25) is 9.59 Å². The van der Waals surface area contributed by atoms with Crippen LogP contribution in [0.25, 0.3) is 28.3 Å². The second-order valence-electron chi connectivity index (χ2n) is 11.8.